The summed E-state index contributed by atoms with van der Waals surface area (Å²) in [6.07, 6.45) is 5.58. The summed E-state index contributed by atoms with van der Waals surface area (Å²) in [6.45, 7) is 3.14. The molecule has 1 aromatic rings. The number of piperidine rings is 1. The third kappa shape index (κ3) is 5.78. The molecule has 0 radical (unpaired) electrons. The van der Waals surface area contributed by atoms with Crippen LogP contribution in [0.1, 0.15) is 31.2 Å². The van der Waals surface area contributed by atoms with E-state index in [1.807, 2.05) is 11.0 Å². The minimum atomic E-state index is -0.160. The van der Waals surface area contributed by atoms with Gasteiger partial charge in [0.1, 0.15) is 5.82 Å². The van der Waals surface area contributed by atoms with Crippen LogP contribution in [0.5, 0.6) is 0 Å². The first-order valence-electron chi connectivity index (χ1n) is 8.43. The number of halogens is 2. The zero-order valence-corrected chi connectivity index (χ0v) is 14.3. The van der Waals surface area contributed by atoms with Crippen molar-refractivity contribution in [1.29, 1.82) is 0 Å². The first-order chi connectivity index (χ1) is 10.7. The predicted octanol–water partition coefficient (Wildman–Crippen LogP) is 3.03. The molecule has 1 aliphatic carbocycles. The number of nitrogens with zero attached hydrogens (tertiary/aromatic N) is 1. The van der Waals surface area contributed by atoms with Crippen LogP contribution in [0.4, 0.5) is 4.39 Å². The summed E-state index contributed by atoms with van der Waals surface area (Å²) in [6, 6.07) is 6.87. The van der Waals surface area contributed by atoms with E-state index in [1.54, 1.807) is 12.1 Å². The number of benzene rings is 1. The molecule has 1 aromatic carbocycles. The lowest BCUT2D eigenvalue weighted by Crippen LogP contribution is -2.43. The number of hydrogen-bond acceptors (Lipinski definition) is 2. The predicted molar refractivity (Wildman–Crippen MR) is 92.2 cm³/mol. The Balaban J connectivity index is 0.00000192. The van der Waals surface area contributed by atoms with Crippen molar-refractivity contribution in [2.24, 2.45) is 11.8 Å². The largest absolute Gasteiger partial charge is 0.342 e. The molecule has 0 atom stereocenters. The first kappa shape index (κ1) is 18.2. The summed E-state index contributed by atoms with van der Waals surface area (Å²) in [7, 11) is 0. The number of hydrogen-bond donors (Lipinski definition) is 1. The average molecular weight is 341 g/mol. The lowest BCUT2D eigenvalue weighted by Gasteiger charge is -2.32. The van der Waals surface area contributed by atoms with Crippen molar-refractivity contribution < 1.29 is 9.18 Å². The Morgan fingerprint density at radius 3 is 2.57 bits per heavy atom. The topological polar surface area (TPSA) is 32.3 Å². The van der Waals surface area contributed by atoms with Crippen LogP contribution < -0.4 is 5.32 Å². The molecule has 0 aromatic heterocycles. The van der Waals surface area contributed by atoms with Crippen LogP contribution in [0.15, 0.2) is 24.3 Å². The molecular weight excluding hydrogens is 315 g/mol. The molecule has 3 nitrogen and oxygen atoms in total. The van der Waals surface area contributed by atoms with E-state index in [0.29, 0.717) is 12.5 Å². The monoisotopic (exact) mass is 340 g/mol. The van der Waals surface area contributed by atoms with Crippen molar-refractivity contribution in [3.8, 4) is 0 Å². The van der Waals surface area contributed by atoms with Crippen LogP contribution >= 0.6 is 12.4 Å². The Labute approximate surface area is 144 Å². The van der Waals surface area contributed by atoms with Gasteiger partial charge >= 0.3 is 0 Å². The molecule has 1 amide bonds. The van der Waals surface area contributed by atoms with Crippen molar-refractivity contribution in [3.05, 3.63) is 35.6 Å². The Morgan fingerprint density at radius 2 is 1.91 bits per heavy atom. The number of likely N-dealkylation sites (tertiary alicyclic amines) is 1. The molecule has 1 saturated carbocycles. The Kier molecular flexibility index (Phi) is 6.85. The van der Waals surface area contributed by atoms with Gasteiger partial charge in [0, 0.05) is 13.1 Å². The van der Waals surface area contributed by atoms with Crippen molar-refractivity contribution in [2.45, 2.75) is 32.1 Å². The highest BCUT2D eigenvalue weighted by atomic mass is 35.5. The number of rotatable bonds is 6. The Morgan fingerprint density at radius 1 is 1.17 bits per heavy atom. The highest BCUT2D eigenvalue weighted by molar-refractivity contribution is 5.85. The lowest BCUT2D eigenvalue weighted by molar-refractivity contribution is -0.131. The van der Waals surface area contributed by atoms with Crippen LogP contribution in [0.25, 0.3) is 0 Å². The van der Waals surface area contributed by atoms with Crippen LogP contribution in [-0.4, -0.2) is 37.0 Å². The molecule has 2 aliphatic rings. The maximum absolute atomic E-state index is 13.2. The van der Waals surface area contributed by atoms with Gasteiger partial charge in [-0.15, -0.1) is 12.4 Å². The quantitative estimate of drug-likeness (QED) is 0.863. The molecule has 23 heavy (non-hydrogen) atoms. The third-order valence-corrected chi connectivity index (χ3v) is 4.79. The van der Waals surface area contributed by atoms with Crippen molar-refractivity contribution in [2.75, 3.05) is 26.2 Å². The summed E-state index contributed by atoms with van der Waals surface area (Å²) < 4.78 is 13.2. The second-order valence-electron chi connectivity index (χ2n) is 6.73. The minimum Gasteiger partial charge on any atom is -0.342 e. The van der Waals surface area contributed by atoms with E-state index in [2.05, 4.69) is 5.32 Å². The standard InChI is InChI=1S/C18H25FN2O.ClH/c19-17-3-1-2-16(11-17)10-14-6-8-21(9-7-14)18(22)13-20-12-15-4-5-15;/h1-3,11,14-15,20H,4-10,12-13H2;1H. The summed E-state index contributed by atoms with van der Waals surface area (Å²) in [4.78, 5) is 14.1. The maximum Gasteiger partial charge on any atom is 0.236 e. The van der Waals surface area contributed by atoms with E-state index in [4.69, 9.17) is 0 Å². The number of carbonyl (C=O) groups excluding carboxylic acids is 1. The first-order valence-corrected chi connectivity index (χ1v) is 8.43. The zero-order valence-electron chi connectivity index (χ0n) is 13.5. The fraction of sp³-hybridized carbons (Fsp3) is 0.611. The van der Waals surface area contributed by atoms with Crippen molar-refractivity contribution in [3.63, 3.8) is 0 Å². The highest BCUT2D eigenvalue weighted by Crippen LogP contribution is 2.27. The molecule has 5 heteroatoms. The molecule has 1 heterocycles. The number of nitrogens with one attached hydrogen (secondary N) is 1. The van der Waals surface area contributed by atoms with E-state index in [9.17, 15) is 9.18 Å². The van der Waals surface area contributed by atoms with Gasteiger partial charge in [0.25, 0.3) is 0 Å². The molecule has 128 valence electrons. The Bertz CT molecular complexity index is 513. The summed E-state index contributed by atoms with van der Waals surface area (Å²) in [5.74, 6) is 1.44. The average Bonchev–Trinajstić information content (AvgIpc) is 3.32. The van der Waals surface area contributed by atoms with Gasteiger partial charge in [0.15, 0.2) is 0 Å². The summed E-state index contributed by atoms with van der Waals surface area (Å²) >= 11 is 0. The van der Waals surface area contributed by atoms with Gasteiger partial charge in [-0.2, -0.15) is 0 Å². The number of amides is 1. The van der Waals surface area contributed by atoms with Gasteiger partial charge in [-0.05, 0) is 68.2 Å². The minimum absolute atomic E-state index is 0. The van der Waals surface area contributed by atoms with Crippen LogP contribution in [-0.2, 0) is 11.2 Å². The number of carbonyl (C=O) groups is 1. The molecule has 0 bridgehead atoms. The van der Waals surface area contributed by atoms with Gasteiger partial charge < -0.3 is 10.2 Å². The van der Waals surface area contributed by atoms with E-state index in [0.717, 1.165) is 50.4 Å². The van der Waals surface area contributed by atoms with E-state index >= 15 is 0 Å². The van der Waals surface area contributed by atoms with Crippen molar-refractivity contribution in [1.82, 2.24) is 10.2 Å². The summed E-state index contributed by atoms with van der Waals surface area (Å²) in [5.41, 5.74) is 1.07. The van der Waals surface area contributed by atoms with Gasteiger partial charge in [-0.3, -0.25) is 4.79 Å². The lowest BCUT2D eigenvalue weighted by atomic mass is 9.90. The van der Waals surface area contributed by atoms with Gasteiger partial charge in [0.05, 0.1) is 6.54 Å². The SMILES string of the molecule is Cl.O=C(CNCC1CC1)N1CCC(Cc2cccc(F)c2)CC1. The van der Waals surface area contributed by atoms with Crippen molar-refractivity contribution >= 4 is 18.3 Å². The molecule has 1 N–H and O–H groups in total. The molecule has 1 saturated heterocycles. The second-order valence-corrected chi connectivity index (χ2v) is 6.73. The maximum atomic E-state index is 13.2. The normalized spacial score (nSPS) is 18.6. The highest BCUT2D eigenvalue weighted by Gasteiger charge is 2.24. The fourth-order valence-electron chi connectivity index (χ4n) is 3.20. The van der Waals surface area contributed by atoms with Gasteiger partial charge in [-0.1, -0.05) is 12.1 Å². The smallest absolute Gasteiger partial charge is 0.236 e. The van der Waals surface area contributed by atoms with E-state index in [1.165, 1.54) is 18.9 Å². The molecule has 1 aliphatic heterocycles. The molecule has 2 fully saturated rings. The fourth-order valence-corrected chi connectivity index (χ4v) is 3.20. The Hall–Kier alpha value is -1.13. The van der Waals surface area contributed by atoms with Crippen LogP contribution in [0.2, 0.25) is 0 Å². The molecule has 0 spiro atoms. The van der Waals surface area contributed by atoms with Gasteiger partial charge in [-0.25, -0.2) is 4.39 Å². The van der Waals surface area contributed by atoms with Gasteiger partial charge in [0.2, 0.25) is 5.91 Å². The van der Waals surface area contributed by atoms with E-state index in [-0.39, 0.29) is 24.1 Å². The molecule has 3 rings (SSSR count). The zero-order chi connectivity index (χ0) is 15.4. The van der Waals surface area contributed by atoms with E-state index < -0.39 is 0 Å². The third-order valence-electron chi connectivity index (χ3n) is 4.79. The van der Waals surface area contributed by atoms with Crippen LogP contribution in [0.3, 0.4) is 0 Å². The molecular formula is C18H26ClFN2O. The summed E-state index contributed by atoms with van der Waals surface area (Å²) in [5, 5.41) is 3.27. The van der Waals surface area contributed by atoms with Crippen LogP contribution in [0, 0.1) is 17.7 Å². The molecule has 0 unspecified atom stereocenters. The second kappa shape index (κ2) is 8.65.